The van der Waals surface area contributed by atoms with Crippen molar-refractivity contribution in [2.45, 2.75) is 44.6 Å². The first-order valence-corrected chi connectivity index (χ1v) is 9.35. The van der Waals surface area contributed by atoms with Gasteiger partial charge in [0.2, 0.25) is 6.10 Å². The Morgan fingerprint density at radius 1 is 1.04 bits per heavy atom. The molecule has 5 aliphatic rings. The number of para-hydroxylation sites is 2. The lowest BCUT2D eigenvalue weighted by atomic mass is 9.49. The Morgan fingerprint density at radius 2 is 1.67 bits per heavy atom. The van der Waals surface area contributed by atoms with Crippen molar-refractivity contribution in [3.05, 3.63) is 24.3 Å². The van der Waals surface area contributed by atoms with Gasteiger partial charge in [0, 0.05) is 6.54 Å². The Bertz CT molecular complexity index is 621. The third-order valence-electron chi connectivity index (χ3n) is 6.60. The Hall–Kier alpha value is -1.71. The summed E-state index contributed by atoms with van der Waals surface area (Å²) in [5.41, 5.74) is 0.359. The average Bonchev–Trinajstić information content (AvgIpc) is 2.58. The Labute approximate surface area is 142 Å². The molecule has 6 rings (SSSR count). The van der Waals surface area contributed by atoms with E-state index >= 15 is 0 Å². The van der Waals surface area contributed by atoms with Gasteiger partial charge in [0.05, 0.1) is 0 Å². The van der Waals surface area contributed by atoms with Crippen molar-refractivity contribution in [2.24, 2.45) is 23.2 Å². The summed E-state index contributed by atoms with van der Waals surface area (Å²) < 4.78 is 11.5. The van der Waals surface area contributed by atoms with Gasteiger partial charge in [-0.2, -0.15) is 0 Å². The molecule has 1 N–H and O–H groups in total. The predicted molar refractivity (Wildman–Crippen MR) is 90.0 cm³/mol. The quantitative estimate of drug-likeness (QED) is 0.928. The molecule has 0 aromatic heterocycles. The zero-order valence-electron chi connectivity index (χ0n) is 14.0. The van der Waals surface area contributed by atoms with Crippen molar-refractivity contribution >= 4 is 5.91 Å². The van der Waals surface area contributed by atoms with Gasteiger partial charge in [-0.05, 0) is 73.8 Å². The molecular weight excluding hydrogens is 302 g/mol. The number of amides is 1. The van der Waals surface area contributed by atoms with Gasteiger partial charge in [0.15, 0.2) is 11.5 Å². The summed E-state index contributed by atoms with van der Waals surface area (Å²) in [4.78, 5) is 12.6. The summed E-state index contributed by atoms with van der Waals surface area (Å²) in [5.74, 6) is 4.10. The largest absolute Gasteiger partial charge is 0.485 e. The Morgan fingerprint density at radius 3 is 2.33 bits per heavy atom. The maximum atomic E-state index is 12.6. The first-order chi connectivity index (χ1) is 11.7. The van der Waals surface area contributed by atoms with E-state index in [0.29, 0.717) is 17.8 Å². The van der Waals surface area contributed by atoms with Crippen LogP contribution in [-0.4, -0.2) is 25.2 Å². The molecule has 4 saturated carbocycles. The van der Waals surface area contributed by atoms with Crippen LogP contribution in [0.4, 0.5) is 0 Å². The van der Waals surface area contributed by atoms with E-state index in [1.54, 1.807) is 0 Å². The summed E-state index contributed by atoms with van der Waals surface area (Å²) in [6.45, 7) is 1.11. The van der Waals surface area contributed by atoms with Crippen LogP contribution in [0, 0.1) is 23.2 Å². The lowest BCUT2D eigenvalue weighted by Gasteiger charge is -2.57. The molecule has 0 spiro atoms. The van der Waals surface area contributed by atoms with Gasteiger partial charge < -0.3 is 14.8 Å². The summed E-state index contributed by atoms with van der Waals surface area (Å²) in [7, 11) is 0. The third kappa shape index (κ3) is 2.47. The van der Waals surface area contributed by atoms with Crippen molar-refractivity contribution in [3.8, 4) is 11.5 Å². The van der Waals surface area contributed by atoms with Crippen LogP contribution in [0.2, 0.25) is 0 Å². The number of hydrogen-bond donors (Lipinski definition) is 1. The van der Waals surface area contributed by atoms with Crippen molar-refractivity contribution in [3.63, 3.8) is 0 Å². The van der Waals surface area contributed by atoms with E-state index in [1.807, 2.05) is 24.3 Å². The molecule has 1 aromatic carbocycles. The topological polar surface area (TPSA) is 47.6 Å². The van der Waals surface area contributed by atoms with Crippen LogP contribution in [0.5, 0.6) is 11.5 Å². The molecule has 4 aliphatic carbocycles. The number of carbonyl (C=O) groups is 1. The van der Waals surface area contributed by atoms with Gasteiger partial charge in [0.1, 0.15) is 6.61 Å². The summed E-state index contributed by atoms with van der Waals surface area (Å²) in [6, 6.07) is 7.54. The van der Waals surface area contributed by atoms with Crippen LogP contribution in [-0.2, 0) is 4.79 Å². The minimum Gasteiger partial charge on any atom is -0.485 e. The van der Waals surface area contributed by atoms with E-state index in [0.717, 1.165) is 30.0 Å². The maximum Gasteiger partial charge on any atom is 0.264 e. The molecule has 0 unspecified atom stereocenters. The second kappa shape index (κ2) is 5.40. The van der Waals surface area contributed by atoms with Crippen LogP contribution in [0.25, 0.3) is 0 Å². The van der Waals surface area contributed by atoms with Gasteiger partial charge in [-0.25, -0.2) is 0 Å². The number of nitrogens with one attached hydrogen (secondary N) is 1. The zero-order chi connectivity index (χ0) is 16.1. The minimum absolute atomic E-state index is 0.0275. The molecule has 0 saturated heterocycles. The molecule has 1 aromatic rings. The molecule has 1 aliphatic heterocycles. The number of fused-ring (bicyclic) bond motifs is 1. The second-order valence-corrected chi connectivity index (χ2v) is 8.50. The van der Waals surface area contributed by atoms with E-state index in [-0.39, 0.29) is 5.91 Å². The van der Waals surface area contributed by atoms with Crippen LogP contribution in [0.15, 0.2) is 24.3 Å². The van der Waals surface area contributed by atoms with Gasteiger partial charge in [-0.3, -0.25) is 4.79 Å². The molecule has 24 heavy (non-hydrogen) atoms. The molecular formula is C20H25NO3. The second-order valence-electron chi connectivity index (χ2n) is 8.50. The summed E-state index contributed by atoms with van der Waals surface area (Å²) in [5, 5.41) is 3.20. The number of hydrogen-bond acceptors (Lipinski definition) is 3. The van der Waals surface area contributed by atoms with Gasteiger partial charge in [-0.15, -0.1) is 0 Å². The third-order valence-corrected chi connectivity index (χ3v) is 6.60. The summed E-state index contributed by atoms with van der Waals surface area (Å²) in [6.07, 6.45) is 7.70. The van der Waals surface area contributed by atoms with Crippen molar-refractivity contribution < 1.29 is 14.3 Å². The van der Waals surface area contributed by atoms with Gasteiger partial charge >= 0.3 is 0 Å². The fraction of sp³-hybridized carbons (Fsp3) is 0.650. The van der Waals surface area contributed by atoms with Gasteiger partial charge in [0.25, 0.3) is 5.91 Å². The van der Waals surface area contributed by atoms with E-state index in [4.69, 9.17) is 9.47 Å². The fourth-order valence-corrected chi connectivity index (χ4v) is 6.04. The van der Waals surface area contributed by atoms with E-state index in [9.17, 15) is 4.79 Å². The van der Waals surface area contributed by atoms with Crippen LogP contribution in [0.1, 0.15) is 38.5 Å². The van der Waals surface area contributed by atoms with E-state index < -0.39 is 6.10 Å². The molecule has 4 heteroatoms. The maximum absolute atomic E-state index is 12.6. The van der Waals surface area contributed by atoms with Crippen molar-refractivity contribution in [1.82, 2.24) is 5.32 Å². The van der Waals surface area contributed by atoms with Crippen molar-refractivity contribution in [1.29, 1.82) is 0 Å². The lowest BCUT2D eigenvalue weighted by Crippen LogP contribution is -2.53. The molecule has 0 radical (unpaired) electrons. The van der Waals surface area contributed by atoms with E-state index in [2.05, 4.69) is 5.32 Å². The standard InChI is InChI=1S/C20H25NO3/c22-19(18-11-23-16-3-1-2-4-17(16)24-18)21-12-20-8-13-5-14(9-20)7-15(6-13)10-20/h1-4,13-15,18H,5-12H2,(H,21,22)/t13?,14?,15?,18-,20?/m0/s1. The van der Waals surface area contributed by atoms with Crippen LogP contribution >= 0.6 is 0 Å². The Kier molecular flexibility index (Phi) is 3.29. The first kappa shape index (κ1) is 14.6. The average molecular weight is 327 g/mol. The lowest BCUT2D eigenvalue weighted by molar-refractivity contribution is -0.132. The number of ether oxygens (including phenoxy) is 2. The molecule has 4 fully saturated rings. The highest BCUT2D eigenvalue weighted by atomic mass is 16.6. The van der Waals surface area contributed by atoms with Crippen LogP contribution < -0.4 is 14.8 Å². The fourth-order valence-electron chi connectivity index (χ4n) is 6.04. The van der Waals surface area contributed by atoms with Crippen LogP contribution in [0.3, 0.4) is 0 Å². The smallest absolute Gasteiger partial charge is 0.264 e. The summed E-state index contributed by atoms with van der Waals surface area (Å²) >= 11 is 0. The molecule has 1 amide bonds. The normalized spacial score (nSPS) is 38.8. The molecule has 4 nitrogen and oxygen atoms in total. The minimum atomic E-state index is -0.534. The number of rotatable bonds is 3. The molecule has 4 bridgehead atoms. The van der Waals surface area contributed by atoms with Gasteiger partial charge in [-0.1, -0.05) is 12.1 Å². The number of benzene rings is 1. The highest BCUT2D eigenvalue weighted by Crippen LogP contribution is 2.59. The van der Waals surface area contributed by atoms with Crippen molar-refractivity contribution in [2.75, 3.05) is 13.2 Å². The SMILES string of the molecule is O=C(NCC12CC3CC(CC(C3)C1)C2)[C@@H]1COc2ccccc2O1. The molecule has 128 valence electrons. The highest BCUT2D eigenvalue weighted by Gasteiger charge is 2.50. The number of carbonyl (C=O) groups excluding carboxylic acids is 1. The molecule has 1 heterocycles. The monoisotopic (exact) mass is 327 g/mol. The molecule has 1 atom stereocenters. The first-order valence-electron chi connectivity index (χ1n) is 9.35. The zero-order valence-corrected chi connectivity index (χ0v) is 14.0. The highest BCUT2D eigenvalue weighted by molar-refractivity contribution is 5.81. The predicted octanol–water partition coefficient (Wildman–Crippen LogP) is 3.16. The Balaban J connectivity index is 1.22. The van der Waals surface area contributed by atoms with E-state index in [1.165, 1.54) is 38.5 Å².